The van der Waals surface area contributed by atoms with Gasteiger partial charge in [0.25, 0.3) is 0 Å². The lowest BCUT2D eigenvalue weighted by atomic mass is 10.0. The van der Waals surface area contributed by atoms with Gasteiger partial charge in [-0.25, -0.2) is 0 Å². The molecule has 2 N–H and O–H groups in total. The van der Waals surface area contributed by atoms with Gasteiger partial charge in [0.1, 0.15) is 0 Å². The number of rotatable bonds is 8. The van der Waals surface area contributed by atoms with Gasteiger partial charge < -0.3 is 10.6 Å². The molecule has 0 radical (unpaired) electrons. The molecule has 0 bridgehead atoms. The van der Waals surface area contributed by atoms with Crippen molar-refractivity contribution in [2.24, 2.45) is 5.92 Å². The summed E-state index contributed by atoms with van der Waals surface area (Å²) >= 11 is 5.92. The number of halogens is 1. The normalized spacial score (nSPS) is 15.9. The molecule has 110 valence electrons. The number of hydrogen-bond donors (Lipinski definition) is 2. The maximum absolute atomic E-state index is 11.5. The zero-order valence-electron chi connectivity index (χ0n) is 12.0. The number of carbonyl (C=O) groups excluding carboxylic acids is 1. The van der Waals surface area contributed by atoms with E-state index in [0.29, 0.717) is 12.6 Å². The fourth-order valence-corrected chi connectivity index (χ4v) is 2.42. The third kappa shape index (κ3) is 4.80. The highest BCUT2D eigenvalue weighted by Gasteiger charge is 2.28. The lowest BCUT2D eigenvalue weighted by Gasteiger charge is -2.19. The molecule has 0 heterocycles. The van der Waals surface area contributed by atoms with Gasteiger partial charge in [0.15, 0.2) is 0 Å². The summed E-state index contributed by atoms with van der Waals surface area (Å²) in [6.45, 7) is 3.67. The van der Waals surface area contributed by atoms with Crippen LogP contribution in [0.2, 0.25) is 5.02 Å². The minimum Gasteiger partial charge on any atom is -0.355 e. The van der Waals surface area contributed by atoms with Crippen LogP contribution in [0, 0.1) is 5.92 Å². The minimum absolute atomic E-state index is 0.213. The molecule has 1 amide bonds. The van der Waals surface area contributed by atoms with E-state index in [9.17, 15) is 4.79 Å². The zero-order chi connectivity index (χ0) is 14.4. The highest BCUT2D eigenvalue weighted by molar-refractivity contribution is 6.30. The molecule has 1 saturated carbocycles. The Bertz CT molecular complexity index is 429. The van der Waals surface area contributed by atoms with E-state index in [-0.39, 0.29) is 11.8 Å². The Morgan fingerprint density at radius 2 is 2.00 bits per heavy atom. The fraction of sp³-hybridized carbons (Fsp3) is 0.562. The molecule has 1 aromatic carbocycles. The van der Waals surface area contributed by atoms with Gasteiger partial charge in [-0.15, -0.1) is 0 Å². The first-order valence-electron chi connectivity index (χ1n) is 7.47. The Morgan fingerprint density at radius 1 is 1.30 bits per heavy atom. The second kappa shape index (κ2) is 7.65. The van der Waals surface area contributed by atoms with E-state index >= 15 is 0 Å². The van der Waals surface area contributed by atoms with Gasteiger partial charge in [-0.1, -0.05) is 37.1 Å². The zero-order valence-corrected chi connectivity index (χ0v) is 12.7. The van der Waals surface area contributed by atoms with E-state index in [1.165, 1.54) is 5.56 Å². The SMILES string of the molecule is CCCC(NCCNC(=O)C1CC1)c1ccc(Cl)cc1. The highest BCUT2D eigenvalue weighted by Crippen LogP contribution is 2.28. The third-order valence-electron chi connectivity index (χ3n) is 3.61. The van der Waals surface area contributed by atoms with Gasteiger partial charge in [-0.05, 0) is 37.0 Å². The Hall–Kier alpha value is -1.06. The quantitative estimate of drug-likeness (QED) is 0.722. The maximum atomic E-state index is 11.5. The number of benzene rings is 1. The average Bonchev–Trinajstić information content (AvgIpc) is 3.27. The van der Waals surface area contributed by atoms with Crippen molar-refractivity contribution >= 4 is 17.5 Å². The van der Waals surface area contributed by atoms with Crippen LogP contribution in [0.5, 0.6) is 0 Å². The van der Waals surface area contributed by atoms with Crippen molar-refractivity contribution in [1.29, 1.82) is 0 Å². The van der Waals surface area contributed by atoms with Crippen LogP contribution in [0.1, 0.15) is 44.2 Å². The predicted octanol–water partition coefficient (Wildman–Crippen LogP) is 3.30. The van der Waals surface area contributed by atoms with Gasteiger partial charge in [0.2, 0.25) is 5.91 Å². The number of carbonyl (C=O) groups is 1. The molecule has 1 aliphatic carbocycles. The van der Waals surface area contributed by atoms with Crippen LogP contribution in [0.4, 0.5) is 0 Å². The van der Waals surface area contributed by atoms with Gasteiger partial charge in [0, 0.05) is 30.1 Å². The molecule has 1 aliphatic rings. The van der Waals surface area contributed by atoms with Gasteiger partial charge in [0.05, 0.1) is 0 Å². The van der Waals surface area contributed by atoms with E-state index in [0.717, 1.165) is 37.3 Å². The monoisotopic (exact) mass is 294 g/mol. The fourth-order valence-electron chi connectivity index (χ4n) is 2.29. The largest absolute Gasteiger partial charge is 0.355 e. The topological polar surface area (TPSA) is 41.1 Å². The van der Waals surface area contributed by atoms with E-state index in [2.05, 4.69) is 29.7 Å². The molecular weight excluding hydrogens is 272 g/mol. The summed E-state index contributed by atoms with van der Waals surface area (Å²) in [5.74, 6) is 0.503. The van der Waals surface area contributed by atoms with Crippen LogP contribution in [0.3, 0.4) is 0 Å². The first-order chi connectivity index (χ1) is 9.70. The standard InChI is InChI=1S/C16H23ClN2O/c1-2-3-15(12-6-8-14(17)9-7-12)18-10-11-19-16(20)13-4-5-13/h6-9,13,15,18H,2-5,10-11H2,1H3,(H,19,20). The summed E-state index contributed by atoms with van der Waals surface area (Å²) in [5.41, 5.74) is 1.25. The number of hydrogen-bond acceptors (Lipinski definition) is 2. The molecule has 3 nitrogen and oxygen atoms in total. The van der Waals surface area contributed by atoms with Crippen LogP contribution in [-0.2, 0) is 4.79 Å². The first-order valence-corrected chi connectivity index (χ1v) is 7.85. The third-order valence-corrected chi connectivity index (χ3v) is 3.86. The molecular formula is C16H23ClN2O. The van der Waals surface area contributed by atoms with Crippen molar-refractivity contribution < 1.29 is 4.79 Å². The summed E-state index contributed by atoms with van der Waals surface area (Å²) in [5, 5.41) is 7.26. The molecule has 0 spiro atoms. The maximum Gasteiger partial charge on any atom is 0.223 e. The Morgan fingerprint density at radius 3 is 2.60 bits per heavy atom. The van der Waals surface area contributed by atoms with Crippen LogP contribution in [0.15, 0.2) is 24.3 Å². The van der Waals surface area contributed by atoms with Crippen LogP contribution < -0.4 is 10.6 Å². The van der Waals surface area contributed by atoms with E-state index in [1.54, 1.807) is 0 Å². The summed E-state index contributed by atoms with van der Waals surface area (Å²) in [7, 11) is 0. The molecule has 1 atom stereocenters. The lowest BCUT2D eigenvalue weighted by molar-refractivity contribution is -0.122. The van der Waals surface area contributed by atoms with E-state index in [1.807, 2.05) is 12.1 Å². The molecule has 0 aromatic heterocycles. The van der Waals surface area contributed by atoms with Crippen molar-refractivity contribution in [2.75, 3.05) is 13.1 Å². The highest BCUT2D eigenvalue weighted by atomic mass is 35.5. The summed E-state index contributed by atoms with van der Waals surface area (Å²) in [4.78, 5) is 11.5. The molecule has 20 heavy (non-hydrogen) atoms. The molecule has 0 aliphatic heterocycles. The summed E-state index contributed by atoms with van der Waals surface area (Å²) < 4.78 is 0. The van der Waals surface area contributed by atoms with Crippen molar-refractivity contribution in [1.82, 2.24) is 10.6 Å². The lowest BCUT2D eigenvalue weighted by Crippen LogP contribution is -2.34. The molecule has 1 fully saturated rings. The number of amides is 1. The summed E-state index contributed by atoms with van der Waals surface area (Å²) in [6.07, 6.45) is 4.32. The van der Waals surface area contributed by atoms with Gasteiger partial charge in [-0.3, -0.25) is 4.79 Å². The van der Waals surface area contributed by atoms with E-state index < -0.39 is 0 Å². The van der Waals surface area contributed by atoms with Crippen molar-refractivity contribution in [2.45, 2.75) is 38.6 Å². The van der Waals surface area contributed by atoms with E-state index in [4.69, 9.17) is 11.6 Å². The first kappa shape index (κ1) is 15.3. The molecule has 1 unspecified atom stereocenters. The molecule has 1 aromatic rings. The second-order valence-corrected chi connectivity index (χ2v) is 5.85. The van der Waals surface area contributed by atoms with Crippen molar-refractivity contribution in [3.8, 4) is 0 Å². The Kier molecular flexibility index (Phi) is 5.86. The Labute approximate surface area is 126 Å². The molecule has 4 heteroatoms. The minimum atomic E-state index is 0.213. The van der Waals surface area contributed by atoms with Gasteiger partial charge in [-0.2, -0.15) is 0 Å². The Balaban J connectivity index is 1.76. The molecule has 2 rings (SSSR count). The van der Waals surface area contributed by atoms with Crippen molar-refractivity contribution in [3.05, 3.63) is 34.9 Å². The summed E-state index contributed by atoms with van der Waals surface area (Å²) in [6, 6.07) is 8.32. The second-order valence-electron chi connectivity index (χ2n) is 5.41. The van der Waals surface area contributed by atoms with Crippen LogP contribution in [-0.4, -0.2) is 19.0 Å². The van der Waals surface area contributed by atoms with Crippen LogP contribution in [0.25, 0.3) is 0 Å². The van der Waals surface area contributed by atoms with Crippen molar-refractivity contribution in [3.63, 3.8) is 0 Å². The smallest absolute Gasteiger partial charge is 0.223 e. The number of nitrogens with one attached hydrogen (secondary N) is 2. The average molecular weight is 295 g/mol. The molecule has 0 saturated heterocycles. The van der Waals surface area contributed by atoms with Crippen LogP contribution >= 0.6 is 11.6 Å². The van der Waals surface area contributed by atoms with Gasteiger partial charge >= 0.3 is 0 Å². The predicted molar refractivity (Wildman–Crippen MR) is 82.8 cm³/mol.